The lowest BCUT2D eigenvalue weighted by atomic mass is 10.0. The van der Waals surface area contributed by atoms with Gasteiger partial charge >= 0.3 is 0 Å². The zero-order chi connectivity index (χ0) is 22.4. The van der Waals surface area contributed by atoms with Gasteiger partial charge in [-0.25, -0.2) is 0 Å². The van der Waals surface area contributed by atoms with E-state index in [9.17, 15) is 19.2 Å². The third-order valence-electron chi connectivity index (χ3n) is 5.50. The number of hydrogen-bond donors (Lipinski definition) is 2. The van der Waals surface area contributed by atoms with Crippen LogP contribution in [-0.4, -0.2) is 41.6 Å². The van der Waals surface area contributed by atoms with E-state index in [1.807, 2.05) is 13.0 Å². The molecular weight excluding hydrogens is 398 g/mol. The maximum atomic E-state index is 12.8. The minimum absolute atomic E-state index is 0.126. The molecule has 1 saturated heterocycles. The number of azo groups is 1. The lowest BCUT2D eigenvalue weighted by molar-refractivity contribution is -0.137. The minimum Gasteiger partial charge on any atom is -0.326 e. The van der Waals surface area contributed by atoms with Crippen LogP contribution in [0.25, 0.3) is 0 Å². The predicted molar refractivity (Wildman–Crippen MR) is 114 cm³/mol. The van der Waals surface area contributed by atoms with Gasteiger partial charge in [0.1, 0.15) is 6.04 Å². The van der Waals surface area contributed by atoms with E-state index < -0.39 is 11.9 Å². The fourth-order valence-electron chi connectivity index (χ4n) is 3.89. The molecule has 3 rings (SSSR count). The van der Waals surface area contributed by atoms with Crippen LogP contribution in [0.5, 0.6) is 0 Å². The lowest BCUT2D eigenvalue weighted by Crippen LogP contribution is -2.52. The molecule has 1 aromatic carbocycles. The predicted octanol–water partition coefficient (Wildman–Crippen LogP) is 2.93. The van der Waals surface area contributed by atoms with Crippen LogP contribution in [0.1, 0.15) is 61.4 Å². The summed E-state index contributed by atoms with van der Waals surface area (Å²) in [6.45, 7) is 2.13. The number of carbonyl (C=O) groups excluding carboxylic acids is 4. The third kappa shape index (κ3) is 5.22. The second-order valence-electron chi connectivity index (χ2n) is 7.57. The number of allylic oxidation sites excluding steroid dienone is 2. The summed E-state index contributed by atoms with van der Waals surface area (Å²) in [6.07, 6.45) is 5.06. The maximum Gasteiger partial charge on any atom is 0.255 e. The molecule has 31 heavy (non-hydrogen) atoms. The van der Waals surface area contributed by atoms with Gasteiger partial charge < -0.3 is 10.2 Å². The highest BCUT2D eigenvalue weighted by Gasteiger charge is 2.39. The highest BCUT2D eigenvalue weighted by molar-refractivity contribution is 6.06. The summed E-state index contributed by atoms with van der Waals surface area (Å²) in [7, 11) is 1.63. The van der Waals surface area contributed by atoms with E-state index in [0.717, 1.165) is 18.5 Å². The molecule has 0 radical (unpaired) electrons. The van der Waals surface area contributed by atoms with Crippen molar-refractivity contribution in [1.29, 1.82) is 0 Å². The Morgan fingerprint density at radius 1 is 1.26 bits per heavy atom. The molecule has 164 valence electrons. The van der Waals surface area contributed by atoms with Crippen LogP contribution < -0.4 is 10.6 Å². The molecule has 2 heterocycles. The Morgan fingerprint density at radius 3 is 2.74 bits per heavy atom. The molecule has 1 aromatic rings. The van der Waals surface area contributed by atoms with Crippen molar-refractivity contribution in [3.05, 3.63) is 41.1 Å². The smallest absolute Gasteiger partial charge is 0.255 e. The van der Waals surface area contributed by atoms with Crippen LogP contribution >= 0.6 is 0 Å². The fourth-order valence-corrected chi connectivity index (χ4v) is 3.89. The van der Waals surface area contributed by atoms with Crippen molar-refractivity contribution < 1.29 is 19.2 Å². The Hall–Kier alpha value is -3.36. The van der Waals surface area contributed by atoms with E-state index in [1.165, 1.54) is 4.90 Å². The van der Waals surface area contributed by atoms with Gasteiger partial charge in [-0.15, -0.1) is 0 Å². The van der Waals surface area contributed by atoms with E-state index in [4.69, 9.17) is 0 Å². The van der Waals surface area contributed by atoms with Gasteiger partial charge in [0.05, 0.1) is 5.70 Å². The lowest BCUT2D eigenvalue weighted by Gasteiger charge is -2.29. The Bertz CT molecular complexity index is 953. The van der Waals surface area contributed by atoms with E-state index in [-0.39, 0.29) is 30.7 Å². The highest BCUT2D eigenvalue weighted by Crippen LogP contribution is 2.32. The van der Waals surface area contributed by atoms with Crippen molar-refractivity contribution in [3.8, 4) is 0 Å². The summed E-state index contributed by atoms with van der Waals surface area (Å²) in [5.41, 5.74) is 2.66. The number of fused-ring (bicyclic) bond motifs is 1. The molecule has 9 heteroatoms. The number of unbranched alkanes of at least 4 members (excludes halogenated alkanes) is 1. The number of nitrogens with zero attached hydrogens (tertiary/aromatic N) is 3. The van der Waals surface area contributed by atoms with Gasteiger partial charge in [0, 0.05) is 43.2 Å². The Kier molecular flexibility index (Phi) is 7.28. The second-order valence-corrected chi connectivity index (χ2v) is 7.57. The molecule has 1 fully saturated rings. The summed E-state index contributed by atoms with van der Waals surface area (Å²) in [6, 6.07) is 4.49. The SMILES string of the molecule is C/C=C(/CCCCC(=O)Nc1cccc2c1CN(C1CCC(=O)NC1=O)C2=O)N=NC. The summed E-state index contributed by atoms with van der Waals surface area (Å²) in [5, 5.41) is 13.0. The van der Waals surface area contributed by atoms with Gasteiger partial charge in [-0.3, -0.25) is 24.5 Å². The first-order chi connectivity index (χ1) is 14.9. The summed E-state index contributed by atoms with van der Waals surface area (Å²) in [5.74, 6) is -1.16. The van der Waals surface area contributed by atoms with Gasteiger partial charge in [0.15, 0.2) is 0 Å². The zero-order valence-corrected chi connectivity index (χ0v) is 17.8. The summed E-state index contributed by atoms with van der Waals surface area (Å²) in [4.78, 5) is 50.4. The molecule has 9 nitrogen and oxygen atoms in total. The van der Waals surface area contributed by atoms with Crippen molar-refractivity contribution in [1.82, 2.24) is 10.2 Å². The van der Waals surface area contributed by atoms with Crippen molar-refractivity contribution in [2.24, 2.45) is 10.2 Å². The van der Waals surface area contributed by atoms with Crippen molar-refractivity contribution in [2.75, 3.05) is 12.4 Å². The van der Waals surface area contributed by atoms with Crippen molar-refractivity contribution in [3.63, 3.8) is 0 Å². The number of nitrogens with one attached hydrogen (secondary N) is 2. The second kappa shape index (κ2) is 10.1. The van der Waals surface area contributed by atoms with Gasteiger partial charge in [-0.2, -0.15) is 10.2 Å². The Balaban J connectivity index is 1.59. The number of imide groups is 1. The van der Waals surface area contributed by atoms with E-state index in [0.29, 0.717) is 36.1 Å². The topological polar surface area (TPSA) is 120 Å². The summed E-state index contributed by atoms with van der Waals surface area (Å²) >= 11 is 0. The number of carbonyl (C=O) groups is 4. The van der Waals surface area contributed by atoms with Crippen LogP contribution in [0.2, 0.25) is 0 Å². The number of piperidine rings is 1. The molecule has 4 amide bonds. The third-order valence-corrected chi connectivity index (χ3v) is 5.50. The van der Waals surface area contributed by atoms with Gasteiger partial charge in [0.25, 0.3) is 5.91 Å². The summed E-state index contributed by atoms with van der Waals surface area (Å²) < 4.78 is 0. The van der Waals surface area contributed by atoms with Crippen LogP contribution in [-0.2, 0) is 20.9 Å². The quantitative estimate of drug-likeness (QED) is 0.378. The van der Waals surface area contributed by atoms with Gasteiger partial charge in [-0.1, -0.05) is 12.1 Å². The first kappa shape index (κ1) is 22.3. The molecular formula is C22H27N5O4. The van der Waals surface area contributed by atoms with E-state index >= 15 is 0 Å². The van der Waals surface area contributed by atoms with Crippen LogP contribution in [0, 0.1) is 0 Å². The largest absolute Gasteiger partial charge is 0.326 e. The highest BCUT2D eigenvalue weighted by atomic mass is 16.2. The van der Waals surface area contributed by atoms with Crippen LogP contribution in [0.3, 0.4) is 0 Å². The van der Waals surface area contributed by atoms with Crippen LogP contribution in [0.4, 0.5) is 5.69 Å². The van der Waals surface area contributed by atoms with Crippen LogP contribution in [0.15, 0.2) is 40.2 Å². The normalized spacial score (nSPS) is 19.0. The fraction of sp³-hybridized carbons (Fsp3) is 0.455. The first-order valence-corrected chi connectivity index (χ1v) is 10.5. The number of rotatable bonds is 8. The number of anilines is 1. The first-order valence-electron chi connectivity index (χ1n) is 10.5. The molecule has 0 spiro atoms. The molecule has 2 N–H and O–H groups in total. The molecule has 0 aromatic heterocycles. The van der Waals surface area contributed by atoms with Crippen molar-refractivity contribution in [2.45, 2.75) is 58.0 Å². The van der Waals surface area contributed by atoms with Gasteiger partial charge in [0.2, 0.25) is 17.7 Å². The van der Waals surface area contributed by atoms with Gasteiger partial charge in [-0.05, 0) is 44.7 Å². The number of amides is 4. The maximum absolute atomic E-state index is 12.8. The minimum atomic E-state index is -0.678. The molecule has 2 aliphatic rings. The molecule has 1 unspecified atom stereocenters. The molecule has 0 aliphatic carbocycles. The van der Waals surface area contributed by atoms with E-state index in [2.05, 4.69) is 20.9 Å². The number of benzene rings is 1. The van der Waals surface area contributed by atoms with E-state index in [1.54, 1.807) is 25.2 Å². The molecule has 0 saturated carbocycles. The van der Waals surface area contributed by atoms with Crippen molar-refractivity contribution >= 4 is 29.3 Å². The zero-order valence-electron chi connectivity index (χ0n) is 17.8. The molecule has 0 bridgehead atoms. The Labute approximate surface area is 181 Å². The Morgan fingerprint density at radius 2 is 2.03 bits per heavy atom. The average Bonchev–Trinajstić information content (AvgIpc) is 3.08. The number of hydrogen-bond acceptors (Lipinski definition) is 6. The molecule has 2 aliphatic heterocycles. The average molecular weight is 425 g/mol. The monoisotopic (exact) mass is 425 g/mol. The standard InChI is InChI=1S/C22H27N5O4/c1-3-14(26-23-2)7-4-5-10-19(28)24-17-9-6-8-15-16(17)13-27(22(15)31)18-11-12-20(29)25-21(18)30/h3,6,8-9,18H,4-5,7,10-13H2,1-2H3,(H,24,28)(H,25,29,30)/b14-3-,26-23?. The molecule has 1 atom stereocenters.